The number of nitrogens with zero attached hydrogens (tertiary/aromatic N) is 2. The van der Waals surface area contributed by atoms with Gasteiger partial charge in [-0.1, -0.05) is 27.2 Å². The molecule has 1 aromatic rings. The molecule has 108 valence electrons. The zero-order chi connectivity index (χ0) is 14.4. The molecule has 0 saturated carbocycles. The molecule has 0 saturated heterocycles. The number of rotatable bonds is 7. The van der Waals surface area contributed by atoms with E-state index in [4.69, 9.17) is 5.73 Å². The smallest absolute Gasteiger partial charge is 0.241 e. The van der Waals surface area contributed by atoms with Crippen molar-refractivity contribution in [3.05, 3.63) is 11.4 Å². The van der Waals surface area contributed by atoms with Crippen molar-refractivity contribution in [3.8, 4) is 0 Å². The Morgan fingerprint density at radius 1 is 1.37 bits per heavy atom. The summed E-state index contributed by atoms with van der Waals surface area (Å²) in [6, 6.07) is 0.209. The van der Waals surface area contributed by atoms with Gasteiger partial charge < -0.3 is 11.1 Å². The van der Waals surface area contributed by atoms with E-state index in [0.29, 0.717) is 0 Å². The van der Waals surface area contributed by atoms with Gasteiger partial charge in [0.05, 0.1) is 17.1 Å². The molecule has 1 heterocycles. The molecule has 1 unspecified atom stereocenters. The first-order chi connectivity index (χ1) is 9.03. The van der Waals surface area contributed by atoms with Gasteiger partial charge in [-0.25, -0.2) is 0 Å². The second kappa shape index (κ2) is 7.16. The number of carbonyl (C=O) groups is 1. The lowest BCUT2D eigenvalue weighted by molar-refractivity contribution is -0.122. The first-order valence-corrected chi connectivity index (χ1v) is 7.16. The third-order valence-corrected chi connectivity index (χ3v) is 3.27. The molecular weight excluding hydrogens is 240 g/mol. The molecule has 1 rings (SSSR count). The van der Waals surface area contributed by atoms with Crippen LogP contribution in [0.2, 0.25) is 0 Å². The molecule has 0 spiro atoms. The summed E-state index contributed by atoms with van der Waals surface area (Å²) < 4.78 is 1.74. The van der Waals surface area contributed by atoms with Crippen molar-refractivity contribution < 1.29 is 4.79 Å². The van der Waals surface area contributed by atoms with Crippen molar-refractivity contribution in [3.63, 3.8) is 0 Å². The molecule has 0 radical (unpaired) electrons. The van der Waals surface area contributed by atoms with E-state index < -0.39 is 0 Å². The van der Waals surface area contributed by atoms with E-state index in [-0.39, 0.29) is 18.5 Å². The van der Waals surface area contributed by atoms with Crippen LogP contribution in [-0.2, 0) is 24.2 Å². The van der Waals surface area contributed by atoms with Gasteiger partial charge in [0.15, 0.2) is 0 Å². The first-order valence-electron chi connectivity index (χ1n) is 7.16. The molecule has 0 aliphatic heterocycles. The first kappa shape index (κ1) is 15.5. The Bertz CT molecular complexity index is 425. The summed E-state index contributed by atoms with van der Waals surface area (Å²) in [5, 5.41) is 7.41. The summed E-state index contributed by atoms with van der Waals surface area (Å²) in [6.45, 7) is 8.44. The number of aryl methyl sites for hydroxylation is 1. The number of hydrogen-bond acceptors (Lipinski definition) is 3. The summed E-state index contributed by atoms with van der Waals surface area (Å²) in [5.41, 5.74) is 8.60. The highest BCUT2D eigenvalue weighted by atomic mass is 16.2. The molecule has 1 amide bonds. The molecular formula is C14H26N4O. The molecule has 5 heteroatoms. The maximum Gasteiger partial charge on any atom is 0.241 e. The fourth-order valence-electron chi connectivity index (χ4n) is 2.29. The molecule has 1 aromatic heterocycles. The molecule has 0 bridgehead atoms. The van der Waals surface area contributed by atoms with Crippen molar-refractivity contribution in [1.82, 2.24) is 15.1 Å². The number of aromatic nitrogens is 2. The number of amides is 1. The van der Waals surface area contributed by atoms with Crippen molar-refractivity contribution in [1.29, 1.82) is 0 Å². The minimum absolute atomic E-state index is 0.000744. The summed E-state index contributed by atoms with van der Waals surface area (Å²) in [4.78, 5) is 12.0. The molecule has 19 heavy (non-hydrogen) atoms. The Hall–Kier alpha value is -1.52. The molecule has 5 nitrogen and oxygen atoms in total. The zero-order valence-electron chi connectivity index (χ0n) is 12.5. The van der Waals surface area contributed by atoms with E-state index in [1.807, 2.05) is 20.8 Å². The minimum Gasteiger partial charge on any atom is -0.396 e. The van der Waals surface area contributed by atoms with E-state index in [1.165, 1.54) is 0 Å². The maximum atomic E-state index is 12.0. The molecule has 0 aliphatic carbocycles. The fraction of sp³-hybridized carbons (Fsp3) is 0.714. The van der Waals surface area contributed by atoms with Crippen LogP contribution in [-0.4, -0.2) is 21.7 Å². The Kier molecular flexibility index (Phi) is 5.86. The van der Waals surface area contributed by atoms with Gasteiger partial charge in [0, 0.05) is 6.04 Å². The maximum absolute atomic E-state index is 12.0. The average Bonchev–Trinajstić information content (AvgIpc) is 2.64. The third-order valence-electron chi connectivity index (χ3n) is 3.27. The lowest BCUT2D eigenvalue weighted by atomic mass is 10.2. The van der Waals surface area contributed by atoms with Gasteiger partial charge in [-0.05, 0) is 26.2 Å². The summed E-state index contributed by atoms with van der Waals surface area (Å²) in [5.74, 6) is 0.000744. The van der Waals surface area contributed by atoms with E-state index in [0.717, 1.165) is 42.8 Å². The Morgan fingerprint density at radius 3 is 2.58 bits per heavy atom. The quantitative estimate of drug-likeness (QED) is 0.791. The topological polar surface area (TPSA) is 72.9 Å². The largest absolute Gasteiger partial charge is 0.396 e. The molecule has 0 aliphatic rings. The van der Waals surface area contributed by atoms with Crippen LogP contribution in [0.25, 0.3) is 0 Å². The van der Waals surface area contributed by atoms with E-state index in [2.05, 4.69) is 17.3 Å². The van der Waals surface area contributed by atoms with E-state index >= 15 is 0 Å². The standard InChI is InChI=1S/C14H26N4O/c1-5-8-10(4)16-13(19)9-18-12(7-3)14(15)11(6-2)17-18/h10H,5-9,15H2,1-4H3,(H,16,19). The van der Waals surface area contributed by atoms with Gasteiger partial charge in [0.1, 0.15) is 6.54 Å². The minimum atomic E-state index is 0.000744. The van der Waals surface area contributed by atoms with Crippen LogP contribution in [0.5, 0.6) is 0 Å². The number of nitrogens with two attached hydrogens (primary N) is 1. The predicted molar refractivity (Wildman–Crippen MR) is 77.9 cm³/mol. The Morgan fingerprint density at radius 2 is 2.05 bits per heavy atom. The number of carbonyl (C=O) groups excluding carboxylic acids is 1. The van der Waals surface area contributed by atoms with Crippen molar-refractivity contribution >= 4 is 11.6 Å². The number of hydrogen-bond donors (Lipinski definition) is 2. The second-order valence-corrected chi connectivity index (χ2v) is 4.93. The highest BCUT2D eigenvalue weighted by Gasteiger charge is 2.15. The van der Waals surface area contributed by atoms with Gasteiger partial charge in [0.2, 0.25) is 5.91 Å². The summed E-state index contributed by atoms with van der Waals surface area (Å²) in [7, 11) is 0. The third kappa shape index (κ3) is 3.98. The van der Waals surface area contributed by atoms with Gasteiger partial charge >= 0.3 is 0 Å². The number of nitrogen functional groups attached to an aromatic ring is 1. The van der Waals surface area contributed by atoms with Crippen LogP contribution >= 0.6 is 0 Å². The summed E-state index contributed by atoms with van der Waals surface area (Å²) >= 11 is 0. The number of anilines is 1. The van der Waals surface area contributed by atoms with Gasteiger partial charge in [0.25, 0.3) is 0 Å². The Balaban J connectivity index is 2.73. The highest BCUT2D eigenvalue weighted by Crippen LogP contribution is 2.18. The van der Waals surface area contributed by atoms with Crippen molar-refractivity contribution in [2.75, 3.05) is 5.73 Å². The van der Waals surface area contributed by atoms with Crippen LogP contribution in [0.4, 0.5) is 5.69 Å². The predicted octanol–water partition coefficient (Wildman–Crippen LogP) is 1.89. The number of nitrogens with one attached hydrogen (secondary N) is 1. The highest BCUT2D eigenvalue weighted by molar-refractivity contribution is 5.76. The van der Waals surface area contributed by atoms with Gasteiger partial charge in [-0.3, -0.25) is 9.48 Å². The van der Waals surface area contributed by atoms with Crippen LogP contribution in [0, 0.1) is 0 Å². The monoisotopic (exact) mass is 266 g/mol. The molecule has 0 aromatic carbocycles. The molecule has 1 atom stereocenters. The molecule has 0 fully saturated rings. The normalized spacial score (nSPS) is 12.4. The van der Waals surface area contributed by atoms with Gasteiger partial charge in [-0.15, -0.1) is 0 Å². The fourth-order valence-corrected chi connectivity index (χ4v) is 2.29. The van der Waals surface area contributed by atoms with Gasteiger partial charge in [-0.2, -0.15) is 5.10 Å². The lowest BCUT2D eigenvalue weighted by Gasteiger charge is -2.13. The van der Waals surface area contributed by atoms with Crippen LogP contribution in [0.1, 0.15) is 51.9 Å². The second-order valence-electron chi connectivity index (χ2n) is 4.93. The van der Waals surface area contributed by atoms with E-state index in [1.54, 1.807) is 4.68 Å². The lowest BCUT2D eigenvalue weighted by Crippen LogP contribution is -2.35. The van der Waals surface area contributed by atoms with Crippen molar-refractivity contribution in [2.24, 2.45) is 0 Å². The van der Waals surface area contributed by atoms with Crippen LogP contribution < -0.4 is 11.1 Å². The zero-order valence-corrected chi connectivity index (χ0v) is 12.5. The Labute approximate surface area is 115 Å². The van der Waals surface area contributed by atoms with Crippen LogP contribution in [0.15, 0.2) is 0 Å². The average molecular weight is 266 g/mol. The SMILES string of the molecule is CCCC(C)NC(=O)Cn1nc(CC)c(N)c1CC. The molecule has 3 N–H and O–H groups in total. The van der Waals surface area contributed by atoms with Crippen LogP contribution in [0.3, 0.4) is 0 Å². The summed E-state index contributed by atoms with van der Waals surface area (Å²) in [6.07, 6.45) is 3.64. The van der Waals surface area contributed by atoms with Crippen molar-refractivity contribution in [2.45, 2.75) is 66.0 Å². The van der Waals surface area contributed by atoms with E-state index in [9.17, 15) is 4.79 Å².